The molecule has 2 bridgehead atoms. The van der Waals surface area contributed by atoms with E-state index in [0.29, 0.717) is 36.5 Å². The van der Waals surface area contributed by atoms with Crippen LogP contribution in [0.25, 0.3) is 11.3 Å². The first-order valence-electron chi connectivity index (χ1n) is 21.1. The molecule has 4 aromatic rings. The Morgan fingerprint density at radius 2 is 1.69 bits per heavy atom. The molecule has 3 aromatic carbocycles. The number of ether oxygens (including phenoxy) is 1. The van der Waals surface area contributed by atoms with Gasteiger partial charge in [-0.15, -0.1) is 0 Å². The minimum Gasteiger partial charge on any atom is -0.457 e. The number of nitrogens with one attached hydrogen (secondary N) is 1. The van der Waals surface area contributed by atoms with Crippen molar-refractivity contribution >= 4 is 46.7 Å². The van der Waals surface area contributed by atoms with E-state index in [0.717, 1.165) is 28.0 Å². The molecule has 64 heavy (non-hydrogen) atoms. The van der Waals surface area contributed by atoms with E-state index in [-0.39, 0.29) is 41.6 Å². The van der Waals surface area contributed by atoms with Crippen LogP contribution in [0.4, 0.5) is 17.6 Å². The van der Waals surface area contributed by atoms with Gasteiger partial charge in [0.1, 0.15) is 23.1 Å². The van der Waals surface area contributed by atoms with Gasteiger partial charge < -0.3 is 34.4 Å². The molecule has 344 valence electrons. The number of benzene rings is 3. The molecule has 0 spiro atoms. The van der Waals surface area contributed by atoms with Crippen LogP contribution in [0.1, 0.15) is 62.9 Å². The molecule has 0 unspecified atom stereocenters. The zero-order chi connectivity index (χ0) is 46.5. The van der Waals surface area contributed by atoms with Crippen LogP contribution in [0.15, 0.2) is 66.9 Å². The molecule has 1 aromatic heterocycles. The summed E-state index contributed by atoms with van der Waals surface area (Å²) in [5.74, 6) is -6.62. The van der Waals surface area contributed by atoms with E-state index in [1.54, 1.807) is 54.7 Å². The van der Waals surface area contributed by atoms with Gasteiger partial charge in [-0.05, 0) is 101 Å². The van der Waals surface area contributed by atoms with Gasteiger partial charge in [0.15, 0.2) is 5.78 Å². The number of carbonyl (C=O) groups is 4. The van der Waals surface area contributed by atoms with Crippen molar-refractivity contribution < 1.29 is 46.6 Å². The monoisotopic (exact) mass is 930 g/mol. The van der Waals surface area contributed by atoms with Crippen LogP contribution in [0.3, 0.4) is 0 Å². The lowest BCUT2D eigenvalue weighted by Crippen LogP contribution is -2.63. The third-order valence-corrected chi connectivity index (χ3v) is 12.3. The van der Waals surface area contributed by atoms with E-state index in [4.69, 9.17) is 27.9 Å². The molecule has 0 aliphatic carbocycles. The average molecular weight is 932 g/mol. The number of aromatic nitrogens is 2. The number of carbonyl (C=O) groups excluding carboxylic acids is 4. The van der Waals surface area contributed by atoms with Crippen LogP contribution in [-0.2, 0) is 45.2 Å². The number of halogens is 6. The van der Waals surface area contributed by atoms with Crippen molar-refractivity contribution in [1.82, 2.24) is 29.6 Å². The first-order chi connectivity index (χ1) is 30.3. The summed E-state index contributed by atoms with van der Waals surface area (Å²) in [5.41, 5.74) is 0.952. The van der Waals surface area contributed by atoms with Gasteiger partial charge in [-0.3, -0.25) is 19.2 Å². The fraction of sp³-hybridized carbons (Fsp3) is 0.457. The Morgan fingerprint density at radius 3 is 2.33 bits per heavy atom. The number of nitrogens with zero attached hydrogens (tertiary/aromatic N) is 5. The predicted molar refractivity (Wildman–Crippen MR) is 233 cm³/mol. The highest BCUT2D eigenvalue weighted by molar-refractivity contribution is 6.31. The van der Waals surface area contributed by atoms with E-state index in [1.165, 1.54) is 17.9 Å². The van der Waals surface area contributed by atoms with Crippen molar-refractivity contribution in [3.05, 3.63) is 99.7 Å². The van der Waals surface area contributed by atoms with Crippen LogP contribution in [0.2, 0.25) is 10.0 Å². The molecule has 2 fully saturated rings. The van der Waals surface area contributed by atoms with Crippen molar-refractivity contribution in [2.45, 2.75) is 89.8 Å². The molecule has 2 N–H and O–H groups in total. The lowest BCUT2D eigenvalue weighted by Gasteiger charge is -2.45. The summed E-state index contributed by atoms with van der Waals surface area (Å²) in [6.07, 6.45) is -5.51. The maximum atomic E-state index is 16.1. The number of rotatable bonds is 12. The van der Waals surface area contributed by atoms with Crippen LogP contribution in [0.5, 0.6) is 11.5 Å². The number of imidazole rings is 1. The Morgan fingerprint density at radius 1 is 0.984 bits per heavy atom. The smallest absolute Gasteiger partial charge is 0.389 e. The van der Waals surface area contributed by atoms with Gasteiger partial charge >= 0.3 is 6.18 Å². The van der Waals surface area contributed by atoms with E-state index in [1.807, 2.05) is 25.9 Å². The number of aliphatic hydroxyl groups excluding tert-OH is 1. The molecule has 18 heteroatoms. The molecule has 4 atom stereocenters. The number of piperidine rings is 1. The van der Waals surface area contributed by atoms with Crippen molar-refractivity contribution in [3.8, 4) is 22.8 Å². The van der Waals surface area contributed by atoms with Crippen molar-refractivity contribution in [2.75, 3.05) is 33.8 Å². The Hall–Kier alpha value is -5.03. The van der Waals surface area contributed by atoms with E-state index in [2.05, 4.69) is 14.9 Å². The number of alkyl halides is 3. The number of Topliss-reactive ketones (excluding diaryl/α,β-unsaturated/α-hetero) is 1. The summed E-state index contributed by atoms with van der Waals surface area (Å²) >= 11 is 12.4. The Bertz CT molecular complexity index is 2330. The van der Waals surface area contributed by atoms with Crippen molar-refractivity contribution in [1.29, 1.82) is 0 Å². The van der Waals surface area contributed by atoms with Gasteiger partial charge in [0.2, 0.25) is 17.7 Å². The first kappa shape index (κ1) is 48.4. The molecular weight excluding hydrogens is 879 g/mol. The van der Waals surface area contributed by atoms with Crippen LogP contribution >= 0.6 is 23.2 Å². The van der Waals surface area contributed by atoms with Gasteiger partial charge in [0, 0.05) is 53.6 Å². The molecular formula is C46H52Cl2F4N6O6. The second kappa shape index (κ2) is 20.4. The highest BCUT2D eigenvalue weighted by atomic mass is 35.5. The molecule has 3 heterocycles. The third kappa shape index (κ3) is 11.8. The van der Waals surface area contributed by atoms with E-state index in [9.17, 15) is 37.5 Å². The van der Waals surface area contributed by atoms with Gasteiger partial charge in [-0.1, -0.05) is 35.3 Å². The maximum absolute atomic E-state index is 16.1. The SMILES string of the molecule is CCn1c(-c2ccc(Oc3cc(Cl)cc(F)c3CN3C(=O)C[C@@H](CC(F)(F)F)C(=O)N4CCC[C@@](Cc5ccc(Cl)cc5)(C4)NC(=O)[C@H](CO)CC(=O)[C@@H]3C)cc2)cnc1CN(C)C. The largest absolute Gasteiger partial charge is 0.457 e. The van der Waals surface area contributed by atoms with Gasteiger partial charge in [0.25, 0.3) is 0 Å². The summed E-state index contributed by atoms with van der Waals surface area (Å²) in [5, 5.41) is 13.8. The van der Waals surface area contributed by atoms with Crippen LogP contribution in [0, 0.1) is 17.7 Å². The lowest BCUT2D eigenvalue weighted by molar-refractivity contribution is -0.164. The quantitative estimate of drug-likeness (QED) is 0.137. The molecule has 2 aliphatic rings. The summed E-state index contributed by atoms with van der Waals surface area (Å²) in [4.78, 5) is 65.5. The second-order valence-electron chi connectivity index (χ2n) is 16.9. The minimum atomic E-state index is -4.87. The minimum absolute atomic E-state index is 0.0546. The summed E-state index contributed by atoms with van der Waals surface area (Å²) in [6.45, 7) is 3.01. The highest BCUT2D eigenvalue weighted by Gasteiger charge is 2.45. The second-order valence-corrected chi connectivity index (χ2v) is 17.8. The highest BCUT2D eigenvalue weighted by Crippen LogP contribution is 2.36. The maximum Gasteiger partial charge on any atom is 0.389 e. The fourth-order valence-electron chi connectivity index (χ4n) is 8.57. The zero-order valence-corrected chi connectivity index (χ0v) is 37.6. The molecule has 0 radical (unpaired) electrons. The zero-order valence-electron chi connectivity index (χ0n) is 36.1. The summed E-state index contributed by atoms with van der Waals surface area (Å²) in [7, 11) is 3.89. The lowest BCUT2D eigenvalue weighted by atomic mass is 9.81. The Kier molecular flexibility index (Phi) is 15.5. The number of hydrogen-bond acceptors (Lipinski definition) is 8. The third-order valence-electron chi connectivity index (χ3n) is 11.8. The Labute approximate surface area is 379 Å². The summed E-state index contributed by atoms with van der Waals surface area (Å²) < 4.78 is 67.2. The van der Waals surface area contributed by atoms with Crippen molar-refractivity contribution in [2.24, 2.45) is 11.8 Å². The number of aliphatic hydroxyl groups is 1. The van der Waals surface area contributed by atoms with Gasteiger partial charge in [-0.2, -0.15) is 13.2 Å². The standard InChI is InChI=1S/C46H52Cl2F4N6O6/c1-5-57-38(23-53-41(57)25-55(3)4)30-9-13-35(14-10-30)64-40-20-34(48)19-37(49)36(40)24-58-28(2)39(60)17-32(26-59)43(62)54-45(21-29-7-11-33(47)12-8-29)15-6-16-56(27-45)44(63)31(18-42(58)61)22-46(50,51)52/h7-14,19-20,23,28,31-32,59H,5-6,15-18,21-22,24-27H2,1-4H3,(H,54,62)/t28-,31-,32-,45+/m0/s1. The van der Waals surface area contributed by atoms with Gasteiger partial charge in [-0.25, -0.2) is 9.37 Å². The molecule has 2 aliphatic heterocycles. The van der Waals surface area contributed by atoms with Crippen molar-refractivity contribution in [3.63, 3.8) is 0 Å². The topological polar surface area (TPSA) is 137 Å². The molecule has 6 rings (SSSR count). The first-order valence-corrected chi connectivity index (χ1v) is 21.8. The predicted octanol–water partition coefficient (Wildman–Crippen LogP) is 7.85. The van der Waals surface area contributed by atoms with Gasteiger partial charge in [0.05, 0.1) is 61.4 Å². The van der Waals surface area contributed by atoms with Crippen LogP contribution < -0.4 is 10.1 Å². The molecule has 12 nitrogen and oxygen atoms in total. The summed E-state index contributed by atoms with van der Waals surface area (Å²) in [6, 6.07) is 14.4. The molecule has 0 saturated carbocycles. The van der Waals surface area contributed by atoms with E-state index >= 15 is 4.39 Å². The number of ketones is 1. The number of amides is 3. The Balaban J connectivity index is 1.34. The van der Waals surface area contributed by atoms with E-state index < -0.39 is 91.3 Å². The fourth-order valence-corrected chi connectivity index (χ4v) is 8.89. The normalized spacial score (nSPS) is 21.6. The number of fused-ring (bicyclic) bond motifs is 2. The number of hydrogen-bond donors (Lipinski definition) is 2. The molecule has 3 amide bonds. The van der Waals surface area contributed by atoms with Crippen LogP contribution in [-0.4, -0.2) is 104 Å². The molecule has 2 saturated heterocycles. The average Bonchev–Trinajstić information content (AvgIpc) is 3.63.